The SMILES string of the molecule is COC(=O)[C@@H](CCO)[C@@H](CCO)C(=O)OC. The van der Waals surface area contributed by atoms with Crippen LogP contribution in [0.15, 0.2) is 0 Å². The van der Waals surface area contributed by atoms with E-state index in [9.17, 15) is 9.59 Å². The van der Waals surface area contributed by atoms with E-state index >= 15 is 0 Å². The van der Waals surface area contributed by atoms with E-state index in [4.69, 9.17) is 10.2 Å². The Hall–Kier alpha value is -1.14. The average molecular weight is 234 g/mol. The normalized spacial score (nSPS) is 14.0. The van der Waals surface area contributed by atoms with Gasteiger partial charge in [0.2, 0.25) is 0 Å². The minimum Gasteiger partial charge on any atom is -0.469 e. The first kappa shape index (κ1) is 14.9. The van der Waals surface area contributed by atoms with E-state index in [-0.39, 0.29) is 26.1 Å². The molecule has 0 aromatic rings. The number of rotatable bonds is 7. The summed E-state index contributed by atoms with van der Waals surface area (Å²) in [4.78, 5) is 22.8. The first-order valence-corrected chi connectivity index (χ1v) is 4.99. The van der Waals surface area contributed by atoms with Crippen molar-refractivity contribution in [1.29, 1.82) is 0 Å². The van der Waals surface area contributed by atoms with Crippen molar-refractivity contribution in [2.45, 2.75) is 12.8 Å². The van der Waals surface area contributed by atoms with Crippen molar-refractivity contribution in [3.05, 3.63) is 0 Å². The van der Waals surface area contributed by atoms with Gasteiger partial charge in [0.25, 0.3) is 0 Å². The molecule has 6 nitrogen and oxygen atoms in total. The second-order valence-electron chi connectivity index (χ2n) is 3.28. The standard InChI is InChI=1S/C10H18O6/c1-15-9(13)7(3-5-11)8(4-6-12)10(14)16-2/h7-8,11-12H,3-6H2,1-2H3/t7-,8+. The van der Waals surface area contributed by atoms with Gasteiger partial charge >= 0.3 is 11.9 Å². The molecule has 0 aliphatic rings. The van der Waals surface area contributed by atoms with Crippen LogP contribution >= 0.6 is 0 Å². The van der Waals surface area contributed by atoms with Crippen LogP contribution < -0.4 is 0 Å². The predicted molar refractivity (Wildman–Crippen MR) is 54.4 cm³/mol. The van der Waals surface area contributed by atoms with E-state index in [1.807, 2.05) is 0 Å². The summed E-state index contributed by atoms with van der Waals surface area (Å²) in [5.74, 6) is -2.74. The molecule has 0 fully saturated rings. The zero-order valence-electron chi connectivity index (χ0n) is 9.51. The maximum atomic E-state index is 11.4. The molecule has 2 atom stereocenters. The van der Waals surface area contributed by atoms with Gasteiger partial charge in [-0.3, -0.25) is 9.59 Å². The number of carbonyl (C=O) groups is 2. The van der Waals surface area contributed by atoms with Crippen LogP contribution in [-0.4, -0.2) is 49.6 Å². The lowest BCUT2D eigenvalue weighted by molar-refractivity contribution is -0.158. The van der Waals surface area contributed by atoms with Crippen molar-refractivity contribution >= 4 is 11.9 Å². The molecule has 16 heavy (non-hydrogen) atoms. The molecular formula is C10H18O6. The van der Waals surface area contributed by atoms with Crippen molar-refractivity contribution in [2.75, 3.05) is 27.4 Å². The highest BCUT2D eigenvalue weighted by Gasteiger charge is 2.34. The highest BCUT2D eigenvalue weighted by atomic mass is 16.5. The largest absolute Gasteiger partial charge is 0.469 e. The number of aliphatic hydroxyl groups excluding tert-OH is 2. The van der Waals surface area contributed by atoms with E-state index in [1.54, 1.807) is 0 Å². The Morgan fingerprint density at radius 1 is 0.938 bits per heavy atom. The van der Waals surface area contributed by atoms with E-state index in [0.717, 1.165) is 0 Å². The van der Waals surface area contributed by atoms with Gasteiger partial charge in [0.1, 0.15) is 0 Å². The van der Waals surface area contributed by atoms with Gasteiger partial charge < -0.3 is 19.7 Å². The molecule has 0 aromatic heterocycles. The lowest BCUT2D eigenvalue weighted by atomic mass is 9.87. The number of ether oxygens (including phenoxy) is 2. The average Bonchev–Trinajstić information content (AvgIpc) is 2.31. The Kier molecular flexibility index (Phi) is 7.49. The molecule has 0 spiro atoms. The summed E-state index contributed by atoms with van der Waals surface area (Å²) in [6.45, 7) is -0.475. The van der Waals surface area contributed by atoms with E-state index in [1.165, 1.54) is 14.2 Å². The monoisotopic (exact) mass is 234 g/mol. The summed E-state index contributed by atoms with van der Waals surface area (Å²) >= 11 is 0. The Labute approximate surface area is 94.2 Å². The predicted octanol–water partition coefficient (Wildman–Crippen LogP) is -0.670. The van der Waals surface area contributed by atoms with E-state index in [2.05, 4.69) is 9.47 Å². The van der Waals surface area contributed by atoms with Gasteiger partial charge in [0, 0.05) is 13.2 Å². The summed E-state index contributed by atoms with van der Waals surface area (Å²) in [5.41, 5.74) is 0. The number of methoxy groups -OCH3 is 2. The molecule has 0 aliphatic carbocycles. The third-order valence-corrected chi connectivity index (χ3v) is 2.37. The number of carbonyl (C=O) groups excluding carboxylic acids is 2. The van der Waals surface area contributed by atoms with Gasteiger partial charge in [0.15, 0.2) is 0 Å². The zero-order valence-corrected chi connectivity index (χ0v) is 9.51. The van der Waals surface area contributed by atoms with Crippen LogP contribution in [0.1, 0.15) is 12.8 Å². The van der Waals surface area contributed by atoms with Crippen LogP contribution in [0.5, 0.6) is 0 Å². The van der Waals surface area contributed by atoms with Gasteiger partial charge in [-0.25, -0.2) is 0 Å². The molecule has 0 aliphatic heterocycles. The fraction of sp³-hybridized carbons (Fsp3) is 0.800. The summed E-state index contributed by atoms with van der Waals surface area (Å²) in [7, 11) is 2.42. The molecule has 0 rings (SSSR count). The van der Waals surface area contributed by atoms with Crippen molar-refractivity contribution in [3.63, 3.8) is 0 Å². The van der Waals surface area contributed by atoms with Crippen LogP contribution in [0.2, 0.25) is 0 Å². The van der Waals surface area contributed by atoms with Gasteiger partial charge in [-0.2, -0.15) is 0 Å². The summed E-state index contributed by atoms with van der Waals surface area (Å²) in [5, 5.41) is 17.7. The van der Waals surface area contributed by atoms with E-state index in [0.29, 0.717) is 0 Å². The minimum absolute atomic E-state index is 0.104. The quantitative estimate of drug-likeness (QED) is 0.567. The van der Waals surface area contributed by atoms with Crippen molar-refractivity contribution in [2.24, 2.45) is 11.8 Å². The molecule has 0 heterocycles. The Morgan fingerprint density at radius 2 is 1.25 bits per heavy atom. The molecule has 2 N–H and O–H groups in total. The van der Waals surface area contributed by atoms with Crippen molar-refractivity contribution in [1.82, 2.24) is 0 Å². The smallest absolute Gasteiger partial charge is 0.309 e. The van der Waals surface area contributed by atoms with Crippen LogP contribution in [0.25, 0.3) is 0 Å². The maximum Gasteiger partial charge on any atom is 0.309 e. The summed E-state index contributed by atoms with van der Waals surface area (Å²) in [6, 6.07) is 0. The molecule has 6 heteroatoms. The molecule has 0 radical (unpaired) electrons. The molecule has 0 aromatic carbocycles. The van der Waals surface area contributed by atoms with Gasteiger partial charge in [0.05, 0.1) is 26.1 Å². The number of hydrogen-bond acceptors (Lipinski definition) is 6. The van der Waals surface area contributed by atoms with Gasteiger partial charge in [-0.1, -0.05) is 0 Å². The molecular weight excluding hydrogens is 216 g/mol. The Bertz CT molecular complexity index is 203. The molecule has 94 valence electrons. The highest BCUT2D eigenvalue weighted by Crippen LogP contribution is 2.22. The second-order valence-corrected chi connectivity index (χ2v) is 3.28. The Morgan fingerprint density at radius 3 is 1.44 bits per heavy atom. The molecule has 0 unspecified atom stereocenters. The fourth-order valence-electron chi connectivity index (χ4n) is 1.55. The third-order valence-electron chi connectivity index (χ3n) is 2.37. The van der Waals surface area contributed by atoms with Gasteiger partial charge in [-0.05, 0) is 12.8 Å². The molecule has 0 amide bonds. The summed E-state index contributed by atoms with van der Waals surface area (Å²) < 4.78 is 9.09. The van der Waals surface area contributed by atoms with Crippen LogP contribution in [0.3, 0.4) is 0 Å². The van der Waals surface area contributed by atoms with Crippen LogP contribution in [-0.2, 0) is 19.1 Å². The van der Waals surface area contributed by atoms with Gasteiger partial charge in [-0.15, -0.1) is 0 Å². The summed E-state index contributed by atoms with van der Waals surface area (Å²) in [6.07, 6.45) is 0.207. The lowest BCUT2D eigenvalue weighted by Crippen LogP contribution is -2.33. The zero-order chi connectivity index (χ0) is 12.6. The second kappa shape index (κ2) is 8.06. The number of esters is 2. The van der Waals surface area contributed by atoms with Crippen LogP contribution in [0.4, 0.5) is 0 Å². The number of aliphatic hydroxyl groups is 2. The van der Waals surface area contributed by atoms with Crippen LogP contribution in [0, 0.1) is 11.8 Å². The molecule has 0 bridgehead atoms. The molecule has 0 saturated carbocycles. The lowest BCUT2D eigenvalue weighted by Gasteiger charge is -2.21. The van der Waals surface area contributed by atoms with Crippen molar-refractivity contribution in [3.8, 4) is 0 Å². The fourth-order valence-corrected chi connectivity index (χ4v) is 1.55. The first-order chi connectivity index (χ1) is 7.62. The van der Waals surface area contributed by atoms with Crippen molar-refractivity contribution < 1.29 is 29.3 Å². The highest BCUT2D eigenvalue weighted by molar-refractivity contribution is 5.81. The minimum atomic E-state index is -0.783. The first-order valence-electron chi connectivity index (χ1n) is 4.99. The third kappa shape index (κ3) is 4.16. The molecule has 0 saturated heterocycles. The van der Waals surface area contributed by atoms with E-state index < -0.39 is 23.8 Å². The Balaban J connectivity index is 4.77. The topological polar surface area (TPSA) is 93.1 Å². The maximum absolute atomic E-state index is 11.4. The number of hydrogen-bond donors (Lipinski definition) is 2.